The first-order chi connectivity index (χ1) is 11.1. The molecule has 0 aliphatic carbocycles. The van der Waals surface area contributed by atoms with Gasteiger partial charge < -0.3 is 4.42 Å². The predicted octanol–water partition coefficient (Wildman–Crippen LogP) is 5.15. The van der Waals surface area contributed by atoms with Gasteiger partial charge in [0.25, 0.3) is 0 Å². The van der Waals surface area contributed by atoms with E-state index in [-0.39, 0.29) is 5.63 Å². The van der Waals surface area contributed by atoms with Crippen molar-refractivity contribution < 1.29 is 4.42 Å². The highest BCUT2D eigenvalue weighted by Gasteiger charge is 2.09. The van der Waals surface area contributed by atoms with Crippen molar-refractivity contribution in [3.05, 3.63) is 80.7 Å². The van der Waals surface area contributed by atoms with Gasteiger partial charge in [0.1, 0.15) is 5.58 Å². The van der Waals surface area contributed by atoms with Crippen LogP contribution in [0.4, 0.5) is 0 Å². The van der Waals surface area contributed by atoms with E-state index in [1.807, 2.05) is 25.6 Å². The zero-order valence-corrected chi connectivity index (χ0v) is 14.5. The quantitative estimate of drug-likeness (QED) is 0.622. The Labute approximate surface area is 140 Å². The molecule has 118 valence electrons. The number of thioether (sulfide) groups is 1. The molecule has 0 bridgehead atoms. The van der Waals surface area contributed by atoms with Crippen molar-refractivity contribution in [2.45, 2.75) is 32.3 Å². The van der Waals surface area contributed by atoms with E-state index in [1.54, 1.807) is 6.07 Å². The van der Waals surface area contributed by atoms with E-state index in [0.29, 0.717) is 0 Å². The van der Waals surface area contributed by atoms with Crippen molar-refractivity contribution in [1.82, 2.24) is 0 Å². The molecule has 0 fully saturated rings. The molecule has 0 unspecified atom stereocenters. The monoisotopic (exact) mass is 324 g/mol. The molecule has 3 rings (SSSR count). The second-order valence-electron chi connectivity index (χ2n) is 5.89. The third-order valence-corrected chi connectivity index (χ3v) is 5.32. The summed E-state index contributed by atoms with van der Waals surface area (Å²) in [5.41, 5.74) is 6.36. The SMILES string of the molecule is Cc1ccccc1CSCc1cc(=O)oc2c(C)c(C)ccc12. The fourth-order valence-corrected chi connectivity index (χ4v) is 3.79. The molecular weight excluding hydrogens is 304 g/mol. The third kappa shape index (κ3) is 3.35. The highest BCUT2D eigenvalue weighted by atomic mass is 32.2. The van der Waals surface area contributed by atoms with Gasteiger partial charge in [-0.15, -0.1) is 0 Å². The van der Waals surface area contributed by atoms with Crippen LogP contribution in [0.2, 0.25) is 0 Å². The molecule has 0 saturated carbocycles. The summed E-state index contributed by atoms with van der Waals surface area (Å²) < 4.78 is 5.43. The number of hydrogen-bond donors (Lipinski definition) is 0. The number of hydrogen-bond acceptors (Lipinski definition) is 3. The minimum absolute atomic E-state index is 0.266. The predicted molar refractivity (Wildman–Crippen MR) is 98.1 cm³/mol. The second kappa shape index (κ2) is 6.63. The molecule has 2 nitrogen and oxygen atoms in total. The first kappa shape index (κ1) is 15.9. The van der Waals surface area contributed by atoms with Gasteiger partial charge in [0.05, 0.1) is 0 Å². The Hall–Kier alpha value is -2.00. The van der Waals surface area contributed by atoms with Crippen molar-refractivity contribution >= 4 is 22.7 Å². The molecule has 0 N–H and O–H groups in total. The van der Waals surface area contributed by atoms with Crippen LogP contribution in [0.3, 0.4) is 0 Å². The summed E-state index contributed by atoms with van der Waals surface area (Å²) in [6, 6.07) is 14.2. The summed E-state index contributed by atoms with van der Waals surface area (Å²) in [5, 5.41) is 1.05. The molecule has 3 aromatic rings. The van der Waals surface area contributed by atoms with Gasteiger partial charge in [-0.2, -0.15) is 11.8 Å². The van der Waals surface area contributed by atoms with Crippen LogP contribution in [0.15, 0.2) is 51.7 Å². The van der Waals surface area contributed by atoms with Crippen LogP contribution >= 0.6 is 11.8 Å². The largest absolute Gasteiger partial charge is 0.422 e. The first-order valence-electron chi connectivity index (χ1n) is 7.71. The van der Waals surface area contributed by atoms with Gasteiger partial charge >= 0.3 is 5.63 Å². The van der Waals surface area contributed by atoms with Crippen LogP contribution in [0.25, 0.3) is 11.0 Å². The van der Waals surface area contributed by atoms with Crippen molar-refractivity contribution in [2.24, 2.45) is 0 Å². The Morgan fingerprint density at radius 1 is 0.913 bits per heavy atom. The lowest BCUT2D eigenvalue weighted by molar-refractivity contribution is 0.557. The summed E-state index contributed by atoms with van der Waals surface area (Å²) in [4.78, 5) is 11.9. The highest BCUT2D eigenvalue weighted by molar-refractivity contribution is 7.97. The summed E-state index contributed by atoms with van der Waals surface area (Å²) in [6.07, 6.45) is 0. The van der Waals surface area contributed by atoms with Gasteiger partial charge in [-0.05, 0) is 48.6 Å². The third-order valence-electron chi connectivity index (χ3n) is 4.29. The van der Waals surface area contributed by atoms with E-state index in [0.717, 1.165) is 39.2 Å². The molecule has 0 spiro atoms. The first-order valence-corrected chi connectivity index (χ1v) is 8.87. The minimum Gasteiger partial charge on any atom is -0.422 e. The van der Waals surface area contributed by atoms with Crippen LogP contribution in [0, 0.1) is 20.8 Å². The Kier molecular flexibility index (Phi) is 4.58. The number of benzene rings is 2. The minimum atomic E-state index is -0.266. The molecule has 0 saturated heterocycles. The zero-order chi connectivity index (χ0) is 16.4. The van der Waals surface area contributed by atoms with Crippen LogP contribution in [-0.2, 0) is 11.5 Å². The van der Waals surface area contributed by atoms with Crippen molar-refractivity contribution in [3.8, 4) is 0 Å². The Balaban J connectivity index is 1.87. The maximum absolute atomic E-state index is 11.9. The van der Waals surface area contributed by atoms with E-state index < -0.39 is 0 Å². The van der Waals surface area contributed by atoms with E-state index in [2.05, 4.69) is 43.3 Å². The molecule has 0 amide bonds. The number of fused-ring (bicyclic) bond motifs is 1. The number of aryl methyl sites for hydroxylation is 3. The van der Waals surface area contributed by atoms with E-state index in [1.165, 1.54) is 11.1 Å². The maximum atomic E-state index is 11.9. The smallest absolute Gasteiger partial charge is 0.336 e. The van der Waals surface area contributed by atoms with Crippen LogP contribution in [0.5, 0.6) is 0 Å². The molecule has 1 aromatic heterocycles. The van der Waals surface area contributed by atoms with Gasteiger partial charge in [0, 0.05) is 23.0 Å². The topological polar surface area (TPSA) is 30.2 Å². The van der Waals surface area contributed by atoms with Crippen molar-refractivity contribution in [1.29, 1.82) is 0 Å². The standard InChI is InChI=1S/C20H20O2S/c1-13-8-9-18-17(10-19(21)22-20(18)15(13)3)12-23-11-16-7-5-4-6-14(16)2/h4-10H,11-12H2,1-3H3. The summed E-state index contributed by atoms with van der Waals surface area (Å²) in [7, 11) is 0. The number of rotatable bonds is 4. The van der Waals surface area contributed by atoms with Crippen LogP contribution in [-0.4, -0.2) is 0 Å². The van der Waals surface area contributed by atoms with Crippen LogP contribution < -0.4 is 5.63 Å². The van der Waals surface area contributed by atoms with Gasteiger partial charge in [-0.25, -0.2) is 4.79 Å². The summed E-state index contributed by atoms with van der Waals surface area (Å²) in [5.74, 6) is 1.75. The van der Waals surface area contributed by atoms with Crippen molar-refractivity contribution in [3.63, 3.8) is 0 Å². The molecular formula is C20H20O2S. The Morgan fingerprint density at radius 3 is 2.43 bits per heavy atom. The lowest BCUT2D eigenvalue weighted by atomic mass is 10.0. The summed E-state index contributed by atoms with van der Waals surface area (Å²) >= 11 is 1.83. The lowest BCUT2D eigenvalue weighted by Gasteiger charge is -2.09. The van der Waals surface area contributed by atoms with Gasteiger partial charge in [0.2, 0.25) is 0 Å². The Bertz CT molecular complexity index is 909. The molecule has 0 atom stereocenters. The summed E-state index contributed by atoms with van der Waals surface area (Å²) in [6.45, 7) is 6.17. The molecule has 23 heavy (non-hydrogen) atoms. The fraction of sp³-hybridized carbons (Fsp3) is 0.250. The maximum Gasteiger partial charge on any atom is 0.336 e. The Morgan fingerprint density at radius 2 is 1.65 bits per heavy atom. The van der Waals surface area contributed by atoms with Crippen LogP contribution in [0.1, 0.15) is 27.8 Å². The van der Waals surface area contributed by atoms with E-state index in [4.69, 9.17) is 4.42 Å². The molecule has 0 aliphatic heterocycles. The lowest BCUT2D eigenvalue weighted by Crippen LogP contribution is -2.01. The molecule has 0 aliphatic rings. The zero-order valence-electron chi connectivity index (χ0n) is 13.7. The van der Waals surface area contributed by atoms with Gasteiger partial charge in [0.15, 0.2) is 0 Å². The average Bonchev–Trinajstić information content (AvgIpc) is 2.53. The fourth-order valence-electron chi connectivity index (χ4n) is 2.69. The van der Waals surface area contributed by atoms with Gasteiger partial charge in [-0.1, -0.05) is 36.4 Å². The van der Waals surface area contributed by atoms with E-state index >= 15 is 0 Å². The molecule has 0 radical (unpaired) electrons. The molecule has 3 heteroatoms. The average molecular weight is 324 g/mol. The second-order valence-corrected chi connectivity index (χ2v) is 6.88. The van der Waals surface area contributed by atoms with Gasteiger partial charge in [-0.3, -0.25) is 0 Å². The highest BCUT2D eigenvalue weighted by Crippen LogP contribution is 2.27. The van der Waals surface area contributed by atoms with E-state index in [9.17, 15) is 4.79 Å². The molecule has 2 aromatic carbocycles. The van der Waals surface area contributed by atoms with Crippen molar-refractivity contribution in [2.75, 3.05) is 0 Å². The normalized spacial score (nSPS) is 11.1. The molecule has 1 heterocycles.